The van der Waals surface area contributed by atoms with Gasteiger partial charge >= 0.3 is 0 Å². The predicted octanol–water partition coefficient (Wildman–Crippen LogP) is 2.16. The van der Waals surface area contributed by atoms with E-state index in [1.54, 1.807) is 0 Å². The maximum atomic E-state index is 5.81. The Hall–Kier alpha value is -0.450. The van der Waals surface area contributed by atoms with Gasteiger partial charge in [-0.2, -0.15) is 0 Å². The van der Waals surface area contributed by atoms with E-state index < -0.39 is 0 Å². The highest BCUT2D eigenvalue weighted by Crippen LogP contribution is 2.19. The second-order valence-electron chi connectivity index (χ2n) is 4.37. The molecule has 1 atom stereocenters. The van der Waals surface area contributed by atoms with Crippen LogP contribution in [-0.4, -0.2) is 29.0 Å². The first-order valence-electron chi connectivity index (χ1n) is 5.83. The van der Waals surface area contributed by atoms with E-state index >= 15 is 0 Å². The van der Waals surface area contributed by atoms with Crippen LogP contribution in [0.3, 0.4) is 0 Å². The van der Waals surface area contributed by atoms with E-state index in [0.29, 0.717) is 6.04 Å². The average Bonchev–Trinajstić information content (AvgIpc) is 2.30. The molecule has 0 aliphatic carbocycles. The number of hydrogen-bond acceptors (Lipinski definition) is 3. The molecule has 0 aromatic carbocycles. The van der Waals surface area contributed by atoms with Gasteiger partial charge in [-0.25, -0.2) is 0 Å². The molecular formula is C12H18BrN3. The van der Waals surface area contributed by atoms with Crippen molar-refractivity contribution in [2.75, 3.05) is 13.1 Å². The van der Waals surface area contributed by atoms with Crippen LogP contribution in [0.25, 0.3) is 0 Å². The summed E-state index contributed by atoms with van der Waals surface area (Å²) in [6.07, 6.45) is 7.60. The van der Waals surface area contributed by atoms with E-state index in [1.807, 2.05) is 12.4 Å². The van der Waals surface area contributed by atoms with Gasteiger partial charge in [0.1, 0.15) is 0 Å². The van der Waals surface area contributed by atoms with Gasteiger partial charge in [-0.3, -0.25) is 9.88 Å². The summed E-state index contributed by atoms with van der Waals surface area (Å²) < 4.78 is 1.05. The Balaban J connectivity index is 2.02. The minimum atomic E-state index is 0.549. The van der Waals surface area contributed by atoms with Gasteiger partial charge in [0.15, 0.2) is 0 Å². The molecule has 0 radical (unpaired) electrons. The number of aromatic nitrogens is 1. The molecule has 0 bridgehead atoms. The number of likely N-dealkylation sites (tertiary alicyclic amines) is 1. The van der Waals surface area contributed by atoms with Crippen molar-refractivity contribution in [1.82, 2.24) is 9.88 Å². The summed E-state index contributed by atoms with van der Waals surface area (Å²) in [6, 6.07) is 2.68. The molecule has 0 amide bonds. The molecule has 16 heavy (non-hydrogen) atoms. The fourth-order valence-corrected chi connectivity index (χ4v) is 2.72. The number of nitrogens with two attached hydrogens (primary N) is 1. The van der Waals surface area contributed by atoms with Gasteiger partial charge in [0.2, 0.25) is 0 Å². The molecular weight excluding hydrogens is 266 g/mol. The maximum Gasteiger partial charge on any atom is 0.0410 e. The fourth-order valence-electron chi connectivity index (χ4n) is 2.31. The Labute approximate surface area is 105 Å². The summed E-state index contributed by atoms with van der Waals surface area (Å²) in [7, 11) is 0. The zero-order valence-corrected chi connectivity index (χ0v) is 11.0. The van der Waals surface area contributed by atoms with Gasteiger partial charge in [0.05, 0.1) is 0 Å². The quantitative estimate of drug-likeness (QED) is 0.925. The standard InChI is InChI=1S/C12H18BrN3/c13-11-5-10(7-15-8-11)9-16-4-2-1-3-12(16)6-14/h5,7-8,12H,1-4,6,9,14H2. The highest BCUT2D eigenvalue weighted by atomic mass is 79.9. The van der Waals surface area contributed by atoms with Gasteiger partial charge < -0.3 is 5.73 Å². The molecule has 1 saturated heterocycles. The van der Waals surface area contributed by atoms with Gasteiger partial charge in [-0.15, -0.1) is 0 Å². The smallest absolute Gasteiger partial charge is 0.0410 e. The van der Waals surface area contributed by atoms with Crippen LogP contribution in [-0.2, 0) is 6.54 Å². The van der Waals surface area contributed by atoms with E-state index in [4.69, 9.17) is 5.73 Å². The van der Waals surface area contributed by atoms with E-state index in [0.717, 1.165) is 24.1 Å². The predicted molar refractivity (Wildman–Crippen MR) is 69.0 cm³/mol. The summed E-state index contributed by atoms with van der Waals surface area (Å²) in [4.78, 5) is 6.67. The molecule has 1 unspecified atom stereocenters. The third-order valence-electron chi connectivity index (χ3n) is 3.17. The molecule has 4 heteroatoms. The van der Waals surface area contributed by atoms with Crippen LogP contribution in [0, 0.1) is 0 Å². The molecule has 0 spiro atoms. The highest BCUT2D eigenvalue weighted by molar-refractivity contribution is 9.10. The molecule has 1 aliphatic rings. The first-order chi connectivity index (χ1) is 7.79. The van der Waals surface area contributed by atoms with Crippen LogP contribution in [0.1, 0.15) is 24.8 Å². The van der Waals surface area contributed by atoms with Gasteiger partial charge in [0.25, 0.3) is 0 Å². The van der Waals surface area contributed by atoms with E-state index in [1.165, 1.54) is 24.8 Å². The number of rotatable bonds is 3. The van der Waals surface area contributed by atoms with E-state index in [9.17, 15) is 0 Å². The third kappa shape index (κ3) is 3.03. The van der Waals surface area contributed by atoms with Crippen molar-refractivity contribution >= 4 is 15.9 Å². The third-order valence-corrected chi connectivity index (χ3v) is 3.60. The van der Waals surface area contributed by atoms with Crippen LogP contribution < -0.4 is 5.73 Å². The lowest BCUT2D eigenvalue weighted by atomic mass is 10.0. The second kappa shape index (κ2) is 5.75. The molecule has 2 rings (SSSR count). The van der Waals surface area contributed by atoms with Crippen molar-refractivity contribution in [2.24, 2.45) is 5.73 Å². The number of pyridine rings is 1. The Kier molecular flexibility index (Phi) is 4.32. The van der Waals surface area contributed by atoms with Crippen molar-refractivity contribution < 1.29 is 0 Å². The Morgan fingerprint density at radius 2 is 2.31 bits per heavy atom. The molecule has 1 aliphatic heterocycles. The molecule has 88 valence electrons. The molecule has 1 fully saturated rings. The van der Waals surface area contributed by atoms with E-state index in [2.05, 4.69) is 31.9 Å². The minimum Gasteiger partial charge on any atom is -0.329 e. The molecule has 1 aromatic heterocycles. The van der Waals surface area contributed by atoms with Gasteiger partial charge in [-0.05, 0) is 46.9 Å². The lowest BCUT2D eigenvalue weighted by Gasteiger charge is -2.34. The van der Waals surface area contributed by atoms with Crippen LogP contribution in [0.2, 0.25) is 0 Å². The number of hydrogen-bond donors (Lipinski definition) is 1. The van der Waals surface area contributed by atoms with Crippen LogP contribution >= 0.6 is 15.9 Å². The second-order valence-corrected chi connectivity index (χ2v) is 5.28. The Morgan fingerprint density at radius 3 is 3.06 bits per heavy atom. The molecule has 3 nitrogen and oxygen atoms in total. The van der Waals surface area contributed by atoms with Crippen molar-refractivity contribution in [3.63, 3.8) is 0 Å². The van der Waals surface area contributed by atoms with Crippen LogP contribution in [0.5, 0.6) is 0 Å². The van der Waals surface area contributed by atoms with Crippen LogP contribution in [0.4, 0.5) is 0 Å². The zero-order chi connectivity index (χ0) is 11.4. The first-order valence-corrected chi connectivity index (χ1v) is 6.62. The molecule has 0 saturated carbocycles. The largest absolute Gasteiger partial charge is 0.329 e. The Morgan fingerprint density at radius 1 is 1.44 bits per heavy atom. The lowest BCUT2D eigenvalue weighted by Crippen LogP contribution is -2.43. The average molecular weight is 284 g/mol. The molecule has 1 aromatic rings. The minimum absolute atomic E-state index is 0.549. The van der Waals surface area contributed by atoms with Gasteiger partial charge in [-0.1, -0.05) is 6.42 Å². The summed E-state index contributed by atoms with van der Waals surface area (Å²) in [5.41, 5.74) is 7.07. The lowest BCUT2D eigenvalue weighted by molar-refractivity contribution is 0.144. The van der Waals surface area contributed by atoms with Gasteiger partial charge in [0, 0.05) is 36.0 Å². The summed E-state index contributed by atoms with van der Waals surface area (Å²) in [5.74, 6) is 0. The Bertz CT molecular complexity index is 343. The fraction of sp³-hybridized carbons (Fsp3) is 0.583. The summed E-state index contributed by atoms with van der Waals surface area (Å²) in [5, 5.41) is 0. The maximum absolute atomic E-state index is 5.81. The first kappa shape index (κ1) is 12.0. The number of piperidine rings is 1. The van der Waals surface area contributed by atoms with Crippen molar-refractivity contribution in [1.29, 1.82) is 0 Å². The number of halogens is 1. The topological polar surface area (TPSA) is 42.1 Å². The summed E-state index contributed by atoms with van der Waals surface area (Å²) >= 11 is 3.45. The van der Waals surface area contributed by atoms with Crippen molar-refractivity contribution in [3.05, 3.63) is 28.5 Å². The molecule has 2 N–H and O–H groups in total. The van der Waals surface area contributed by atoms with Crippen molar-refractivity contribution in [2.45, 2.75) is 31.8 Å². The zero-order valence-electron chi connectivity index (χ0n) is 9.40. The number of nitrogens with zero attached hydrogens (tertiary/aromatic N) is 2. The molecule has 2 heterocycles. The normalized spacial score (nSPS) is 22.2. The highest BCUT2D eigenvalue weighted by Gasteiger charge is 2.20. The SMILES string of the molecule is NCC1CCCCN1Cc1cncc(Br)c1. The van der Waals surface area contributed by atoms with E-state index in [-0.39, 0.29) is 0 Å². The van der Waals surface area contributed by atoms with Crippen LogP contribution in [0.15, 0.2) is 22.9 Å². The van der Waals surface area contributed by atoms with Crippen molar-refractivity contribution in [3.8, 4) is 0 Å². The summed E-state index contributed by atoms with van der Waals surface area (Å²) in [6.45, 7) is 2.89. The monoisotopic (exact) mass is 283 g/mol.